The van der Waals surface area contributed by atoms with Crippen LogP contribution in [0.2, 0.25) is 0 Å². The molecule has 0 unspecified atom stereocenters. The Morgan fingerprint density at radius 2 is 1.61 bits per heavy atom. The number of fused-ring (bicyclic) bond motifs is 1. The molecule has 2 aromatic heterocycles. The highest BCUT2D eigenvalue weighted by Gasteiger charge is 2.18. The number of H-pyrrole nitrogens is 1. The van der Waals surface area contributed by atoms with Gasteiger partial charge in [-0.05, 0) is 58.3 Å². The van der Waals surface area contributed by atoms with Gasteiger partial charge in [0.05, 0.1) is 5.39 Å². The molecular weight excluding hydrogens is 350 g/mol. The Kier molecular flexibility index (Phi) is 4.27. The average Bonchev–Trinajstić information content (AvgIpc) is 2.67. The van der Waals surface area contributed by atoms with Crippen LogP contribution in [-0.2, 0) is 5.41 Å². The number of benzene rings is 2. The van der Waals surface area contributed by atoms with Gasteiger partial charge in [-0.3, -0.25) is 4.79 Å². The molecule has 4 heteroatoms. The molecule has 0 aliphatic rings. The van der Waals surface area contributed by atoms with E-state index in [2.05, 4.69) is 25.8 Å². The molecule has 0 atom stereocenters. The zero-order chi connectivity index (χ0) is 19.9. The fraction of sp³-hybridized carbons (Fsp3) is 0.167. The van der Waals surface area contributed by atoms with E-state index in [1.165, 1.54) is 0 Å². The lowest BCUT2D eigenvalue weighted by Crippen LogP contribution is -2.13. The van der Waals surface area contributed by atoms with Crippen molar-refractivity contribution in [3.05, 3.63) is 93.2 Å². The Labute approximate surface area is 162 Å². The number of pyridine rings is 1. The van der Waals surface area contributed by atoms with Gasteiger partial charge in [0.25, 0.3) is 5.56 Å². The molecule has 4 rings (SSSR count). The zero-order valence-corrected chi connectivity index (χ0v) is 16.1. The maximum Gasteiger partial charge on any atom is 0.344 e. The van der Waals surface area contributed by atoms with Crippen LogP contribution < -0.4 is 11.2 Å². The molecule has 0 spiro atoms. The second kappa shape index (κ2) is 6.64. The lowest BCUT2D eigenvalue weighted by atomic mass is 9.84. The first-order valence-electron chi connectivity index (χ1n) is 9.20. The summed E-state index contributed by atoms with van der Waals surface area (Å²) >= 11 is 0. The van der Waals surface area contributed by atoms with Crippen molar-refractivity contribution in [3.8, 4) is 22.5 Å². The Bertz CT molecular complexity index is 1290. The molecule has 2 heterocycles. The van der Waals surface area contributed by atoms with Crippen LogP contribution in [0.25, 0.3) is 33.2 Å². The summed E-state index contributed by atoms with van der Waals surface area (Å²) in [6.07, 6.45) is 1.61. The average molecular weight is 371 g/mol. The monoisotopic (exact) mass is 371 g/mol. The first kappa shape index (κ1) is 18.0. The van der Waals surface area contributed by atoms with Crippen molar-refractivity contribution >= 4 is 10.8 Å². The summed E-state index contributed by atoms with van der Waals surface area (Å²) in [5, 5.41) is 1.38. The third-order valence-corrected chi connectivity index (χ3v) is 4.88. The predicted molar refractivity (Wildman–Crippen MR) is 113 cm³/mol. The molecule has 4 nitrogen and oxygen atoms in total. The van der Waals surface area contributed by atoms with Crippen LogP contribution in [0.1, 0.15) is 26.3 Å². The van der Waals surface area contributed by atoms with E-state index in [1.807, 2.05) is 42.5 Å². The van der Waals surface area contributed by atoms with Crippen LogP contribution >= 0.6 is 0 Å². The number of hydrogen-bond acceptors (Lipinski definition) is 3. The smallest absolute Gasteiger partial charge is 0.344 e. The first-order valence-corrected chi connectivity index (χ1v) is 9.20. The molecule has 2 aromatic carbocycles. The summed E-state index contributed by atoms with van der Waals surface area (Å²) in [6.45, 7) is 6.34. The van der Waals surface area contributed by atoms with Gasteiger partial charge in [0.2, 0.25) is 0 Å². The maximum atomic E-state index is 12.4. The number of nitrogens with one attached hydrogen (secondary N) is 1. The summed E-state index contributed by atoms with van der Waals surface area (Å²) < 4.78 is 5.62. The highest BCUT2D eigenvalue weighted by molar-refractivity contribution is 5.84. The third-order valence-electron chi connectivity index (χ3n) is 4.88. The normalized spacial score (nSPS) is 11.7. The topological polar surface area (TPSA) is 63.1 Å². The summed E-state index contributed by atoms with van der Waals surface area (Å²) in [5.74, 6) is 0.489. The van der Waals surface area contributed by atoms with Crippen LogP contribution in [0.15, 0.2) is 80.9 Å². The second-order valence-corrected chi connectivity index (χ2v) is 7.95. The molecule has 0 radical (unpaired) electrons. The molecule has 28 heavy (non-hydrogen) atoms. The summed E-state index contributed by atoms with van der Waals surface area (Å²) in [5.41, 5.74) is 2.54. The van der Waals surface area contributed by atoms with Crippen molar-refractivity contribution < 1.29 is 4.42 Å². The van der Waals surface area contributed by atoms with E-state index < -0.39 is 0 Å². The summed E-state index contributed by atoms with van der Waals surface area (Å²) in [6, 6.07) is 18.8. The number of aromatic amines is 1. The molecule has 0 saturated heterocycles. The van der Waals surface area contributed by atoms with E-state index in [0.717, 1.165) is 22.1 Å². The summed E-state index contributed by atoms with van der Waals surface area (Å²) in [7, 11) is 0. The fourth-order valence-corrected chi connectivity index (χ4v) is 3.28. The molecule has 0 fully saturated rings. The highest BCUT2D eigenvalue weighted by Crippen LogP contribution is 2.33. The van der Waals surface area contributed by atoms with Gasteiger partial charge >= 0.3 is 5.63 Å². The van der Waals surface area contributed by atoms with Gasteiger partial charge in [-0.2, -0.15) is 0 Å². The minimum Gasteiger partial charge on any atom is -0.422 e. The quantitative estimate of drug-likeness (QED) is 0.532. The van der Waals surface area contributed by atoms with Crippen molar-refractivity contribution in [1.82, 2.24) is 4.98 Å². The second-order valence-electron chi connectivity index (χ2n) is 7.95. The van der Waals surface area contributed by atoms with E-state index >= 15 is 0 Å². The Morgan fingerprint density at radius 3 is 2.36 bits per heavy atom. The highest BCUT2D eigenvalue weighted by atomic mass is 16.4. The predicted octanol–water partition coefficient (Wildman–Crippen LogP) is 5.11. The zero-order valence-electron chi connectivity index (χ0n) is 16.1. The molecule has 1 N–H and O–H groups in total. The van der Waals surface area contributed by atoms with Gasteiger partial charge in [-0.15, -0.1) is 0 Å². The van der Waals surface area contributed by atoms with Gasteiger partial charge in [0, 0.05) is 17.3 Å². The largest absolute Gasteiger partial charge is 0.422 e. The standard InChI is InChI=1S/C24H21NO3/c1-24(2,3)18-12-16(19-9-6-10-25-22(19)26)11-17(13-18)21-14-15-7-4-5-8-20(15)23(27)28-21/h4-14H,1-3H3,(H,25,26). The Balaban J connectivity index is 2.00. The number of rotatable bonds is 2. The fourth-order valence-electron chi connectivity index (χ4n) is 3.28. The van der Waals surface area contributed by atoms with Crippen LogP contribution in [-0.4, -0.2) is 4.98 Å². The van der Waals surface area contributed by atoms with Crippen LogP contribution in [0.3, 0.4) is 0 Å². The van der Waals surface area contributed by atoms with Crippen LogP contribution in [0, 0.1) is 0 Å². The number of hydrogen-bond donors (Lipinski definition) is 1. The van der Waals surface area contributed by atoms with E-state index in [1.54, 1.807) is 24.4 Å². The van der Waals surface area contributed by atoms with Gasteiger partial charge in [-0.25, -0.2) is 4.79 Å². The SMILES string of the molecule is CC(C)(C)c1cc(-c2cc3ccccc3c(=O)o2)cc(-c2ccc[nH]c2=O)c1. The minimum atomic E-state index is -0.367. The van der Waals surface area contributed by atoms with Crippen molar-refractivity contribution in [2.75, 3.05) is 0 Å². The molecule has 0 saturated carbocycles. The molecule has 0 bridgehead atoms. The minimum absolute atomic E-state index is 0.135. The molecule has 4 aromatic rings. The van der Waals surface area contributed by atoms with E-state index in [9.17, 15) is 9.59 Å². The summed E-state index contributed by atoms with van der Waals surface area (Å²) in [4.78, 5) is 27.5. The molecule has 0 amide bonds. The van der Waals surface area contributed by atoms with Crippen molar-refractivity contribution in [3.63, 3.8) is 0 Å². The molecule has 140 valence electrons. The molecular formula is C24H21NO3. The molecule has 0 aliphatic heterocycles. The lowest BCUT2D eigenvalue weighted by Gasteiger charge is -2.21. The number of aromatic nitrogens is 1. The lowest BCUT2D eigenvalue weighted by molar-refractivity contribution is 0.534. The van der Waals surface area contributed by atoms with Crippen molar-refractivity contribution in [2.24, 2.45) is 0 Å². The first-order chi connectivity index (χ1) is 13.3. The van der Waals surface area contributed by atoms with Gasteiger partial charge in [0.15, 0.2) is 0 Å². The van der Waals surface area contributed by atoms with Gasteiger partial charge < -0.3 is 9.40 Å². The maximum absolute atomic E-state index is 12.4. The van der Waals surface area contributed by atoms with E-state index in [4.69, 9.17) is 4.42 Å². The Hall–Kier alpha value is -3.40. The Morgan fingerprint density at radius 1 is 0.857 bits per heavy atom. The van der Waals surface area contributed by atoms with Crippen molar-refractivity contribution in [1.29, 1.82) is 0 Å². The van der Waals surface area contributed by atoms with Crippen molar-refractivity contribution in [2.45, 2.75) is 26.2 Å². The van der Waals surface area contributed by atoms with E-state index in [-0.39, 0.29) is 16.6 Å². The van der Waals surface area contributed by atoms with Gasteiger partial charge in [-0.1, -0.05) is 45.0 Å². The van der Waals surface area contributed by atoms with Crippen LogP contribution in [0.5, 0.6) is 0 Å². The third kappa shape index (κ3) is 3.29. The van der Waals surface area contributed by atoms with E-state index in [0.29, 0.717) is 16.7 Å². The molecule has 0 aliphatic carbocycles. The van der Waals surface area contributed by atoms with Gasteiger partial charge in [0.1, 0.15) is 5.76 Å². The van der Waals surface area contributed by atoms with Crippen LogP contribution in [0.4, 0.5) is 0 Å².